The zero-order valence-electron chi connectivity index (χ0n) is 14.4. The third kappa shape index (κ3) is 3.64. The van der Waals surface area contributed by atoms with E-state index in [-0.39, 0.29) is 0 Å². The Bertz CT molecular complexity index is 899. The molecule has 0 bridgehead atoms. The number of hydrogen-bond acceptors (Lipinski definition) is 1. The van der Waals surface area contributed by atoms with Crippen molar-refractivity contribution >= 4 is 15.9 Å². The first kappa shape index (κ1) is 16.4. The van der Waals surface area contributed by atoms with Crippen LogP contribution in [0.4, 0.5) is 0 Å². The molecule has 0 amide bonds. The maximum atomic E-state index is 6.01. The lowest BCUT2D eigenvalue weighted by Crippen LogP contribution is -2.08. The Morgan fingerprint density at radius 1 is 0.880 bits per heavy atom. The average Bonchev–Trinajstić information content (AvgIpc) is 2.60. The van der Waals surface area contributed by atoms with E-state index in [0.29, 0.717) is 6.61 Å². The van der Waals surface area contributed by atoms with Crippen molar-refractivity contribution in [3.05, 3.63) is 98.5 Å². The molecule has 3 aromatic carbocycles. The molecule has 3 aromatic rings. The van der Waals surface area contributed by atoms with Gasteiger partial charge in [0, 0.05) is 0 Å². The summed E-state index contributed by atoms with van der Waals surface area (Å²) in [5, 5.41) is 0. The Hall–Kier alpha value is -2.06. The molecule has 0 saturated heterocycles. The van der Waals surface area contributed by atoms with Crippen LogP contribution in [0.1, 0.15) is 33.4 Å². The Morgan fingerprint density at radius 2 is 1.68 bits per heavy atom. The number of ether oxygens (including phenoxy) is 1. The standard InChI is InChI=1S/C23H21BrO/c1-16-11-23(25-15-17-5-3-2-4-6-17)22(24)14-21(16)13-18-7-8-19-9-10-20(19)12-18/h2-8,11-12,14H,9-10,13,15H2,1H3. The molecule has 0 fully saturated rings. The fraction of sp³-hybridized carbons (Fsp3) is 0.217. The summed E-state index contributed by atoms with van der Waals surface area (Å²) in [7, 11) is 0. The second kappa shape index (κ2) is 7.05. The molecule has 0 heterocycles. The maximum absolute atomic E-state index is 6.01. The molecular formula is C23H21BrO. The Kier molecular flexibility index (Phi) is 4.63. The minimum atomic E-state index is 0.586. The Balaban J connectivity index is 1.50. The van der Waals surface area contributed by atoms with Crippen molar-refractivity contribution in [2.75, 3.05) is 0 Å². The zero-order chi connectivity index (χ0) is 17.2. The predicted molar refractivity (Wildman–Crippen MR) is 106 cm³/mol. The molecule has 2 heteroatoms. The van der Waals surface area contributed by atoms with Gasteiger partial charge in [-0.1, -0.05) is 48.5 Å². The highest BCUT2D eigenvalue weighted by Gasteiger charge is 2.14. The molecule has 126 valence electrons. The van der Waals surface area contributed by atoms with E-state index >= 15 is 0 Å². The number of halogens is 1. The molecule has 0 saturated carbocycles. The highest BCUT2D eigenvalue weighted by Crippen LogP contribution is 2.31. The van der Waals surface area contributed by atoms with Gasteiger partial charge >= 0.3 is 0 Å². The van der Waals surface area contributed by atoms with Gasteiger partial charge in [0.25, 0.3) is 0 Å². The van der Waals surface area contributed by atoms with Crippen molar-refractivity contribution in [2.45, 2.75) is 32.8 Å². The van der Waals surface area contributed by atoms with Gasteiger partial charge in [0.15, 0.2) is 0 Å². The van der Waals surface area contributed by atoms with Gasteiger partial charge in [0.1, 0.15) is 12.4 Å². The van der Waals surface area contributed by atoms with E-state index in [0.717, 1.165) is 16.6 Å². The van der Waals surface area contributed by atoms with E-state index in [1.54, 1.807) is 0 Å². The largest absolute Gasteiger partial charge is 0.488 e. The summed E-state index contributed by atoms with van der Waals surface area (Å²) in [4.78, 5) is 0. The molecule has 0 aromatic heterocycles. The molecule has 1 aliphatic carbocycles. The van der Waals surface area contributed by atoms with Crippen molar-refractivity contribution in [3.8, 4) is 5.75 Å². The first-order valence-electron chi connectivity index (χ1n) is 8.75. The highest BCUT2D eigenvalue weighted by molar-refractivity contribution is 9.10. The molecule has 1 nitrogen and oxygen atoms in total. The van der Waals surface area contributed by atoms with Crippen LogP contribution in [-0.4, -0.2) is 0 Å². The Labute approximate surface area is 157 Å². The van der Waals surface area contributed by atoms with Crippen LogP contribution in [0.5, 0.6) is 5.75 Å². The second-order valence-electron chi connectivity index (χ2n) is 6.76. The fourth-order valence-corrected chi connectivity index (χ4v) is 3.82. The summed E-state index contributed by atoms with van der Waals surface area (Å²) in [5.74, 6) is 0.905. The number of hydrogen-bond donors (Lipinski definition) is 0. The van der Waals surface area contributed by atoms with Gasteiger partial charge < -0.3 is 4.74 Å². The van der Waals surface area contributed by atoms with E-state index in [2.05, 4.69) is 65.3 Å². The first-order chi connectivity index (χ1) is 12.2. The number of fused-ring (bicyclic) bond motifs is 1. The summed E-state index contributed by atoms with van der Waals surface area (Å²) in [6.45, 7) is 2.75. The topological polar surface area (TPSA) is 9.23 Å². The normalized spacial score (nSPS) is 12.4. The van der Waals surface area contributed by atoms with Gasteiger partial charge in [-0.3, -0.25) is 0 Å². The van der Waals surface area contributed by atoms with Crippen molar-refractivity contribution in [2.24, 2.45) is 0 Å². The quantitative estimate of drug-likeness (QED) is 0.515. The molecule has 0 N–H and O–H groups in total. The lowest BCUT2D eigenvalue weighted by molar-refractivity contribution is 0.304. The van der Waals surface area contributed by atoms with Crippen LogP contribution in [0.25, 0.3) is 0 Å². The van der Waals surface area contributed by atoms with Gasteiger partial charge in [0.05, 0.1) is 4.47 Å². The van der Waals surface area contributed by atoms with Crippen LogP contribution in [0, 0.1) is 6.92 Å². The third-order valence-electron chi connectivity index (χ3n) is 4.96. The summed E-state index contributed by atoms with van der Waals surface area (Å²) in [6.07, 6.45) is 3.45. The lowest BCUT2D eigenvalue weighted by atomic mass is 9.86. The first-order valence-corrected chi connectivity index (χ1v) is 9.55. The van der Waals surface area contributed by atoms with E-state index in [9.17, 15) is 0 Å². The van der Waals surface area contributed by atoms with Crippen LogP contribution in [0.2, 0.25) is 0 Å². The summed E-state index contributed by atoms with van der Waals surface area (Å²) < 4.78 is 7.03. The molecule has 25 heavy (non-hydrogen) atoms. The van der Waals surface area contributed by atoms with Crippen molar-refractivity contribution in [1.82, 2.24) is 0 Å². The Morgan fingerprint density at radius 3 is 2.40 bits per heavy atom. The van der Waals surface area contributed by atoms with E-state index < -0.39 is 0 Å². The van der Waals surface area contributed by atoms with E-state index in [4.69, 9.17) is 4.74 Å². The van der Waals surface area contributed by atoms with Crippen LogP contribution < -0.4 is 4.74 Å². The van der Waals surface area contributed by atoms with Crippen molar-refractivity contribution in [1.29, 1.82) is 0 Å². The molecule has 4 rings (SSSR count). The molecule has 0 unspecified atom stereocenters. The number of rotatable bonds is 5. The second-order valence-corrected chi connectivity index (χ2v) is 7.62. The molecule has 0 aliphatic heterocycles. The number of aryl methyl sites for hydroxylation is 3. The fourth-order valence-electron chi connectivity index (χ4n) is 3.31. The zero-order valence-corrected chi connectivity index (χ0v) is 16.0. The van der Waals surface area contributed by atoms with Gasteiger partial charge in [-0.05, 0) is 87.6 Å². The number of benzene rings is 3. The highest BCUT2D eigenvalue weighted by atomic mass is 79.9. The summed E-state index contributed by atoms with van der Waals surface area (Å²) >= 11 is 3.68. The molecule has 0 spiro atoms. The average molecular weight is 393 g/mol. The minimum absolute atomic E-state index is 0.586. The van der Waals surface area contributed by atoms with E-state index in [1.165, 1.54) is 46.2 Å². The van der Waals surface area contributed by atoms with Gasteiger partial charge in [0.2, 0.25) is 0 Å². The van der Waals surface area contributed by atoms with Crippen LogP contribution in [0.3, 0.4) is 0 Å². The summed E-state index contributed by atoms with van der Waals surface area (Å²) in [5.41, 5.74) is 8.24. The van der Waals surface area contributed by atoms with Crippen molar-refractivity contribution in [3.63, 3.8) is 0 Å². The molecular weight excluding hydrogens is 372 g/mol. The predicted octanol–water partition coefficient (Wildman–Crippen LogP) is 6.03. The molecule has 1 aliphatic rings. The summed E-state index contributed by atoms with van der Waals surface area (Å²) in [6, 6.07) is 21.5. The lowest BCUT2D eigenvalue weighted by Gasteiger charge is -2.20. The minimum Gasteiger partial charge on any atom is -0.488 e. The van der Waals surface area contributed by atoms with Crippen LogP contribution in [0.15, 0.2) is 65.1 Å². The smallest absolute Gasteiger partial charge is 0.134 e. The van der Waals surface area contributed by atoms with Gasteiger partial charge in [-0.2, -0.15) is 0 Å². The van der Waals surface area contributed by atoms with Crippen LogP contribution >= 0.6 is 15.9 Å². The third-order valence-corrected chi connectivity index (χ3v) is 5.58. The van der Waals surface area contributed by atoms with Gasteiger partial charge in [-0.15, -0.1) is 0 Å². The monoisotopic (exact) mass is 392 g/mol. The SMILES string of the molecule is Cc1cc(OCc2ccccc2)c(Br)cc1Cc1ccc2c(c1)CC2. The van der Waals surface area contributed by atoms with Crippen molar-refractivity contribution < 1.29 is 4.74 Å². The maximum Gasteiger partial charge on any atom is 0.134 e. The molecule has 0 radical (unpaired) electrons. The molecule has 0 atom stereocenters. The van der Waals surface area contributed by atoms with E-state index in [1.807, 2.05) is 18.2 Å². The van der Waals surface area contributed by atoms with Gasteiger partial charge in [-0.25, -0.2) is 0 Å². The van der Waals surface area contributed by atoms with Crippen LogP contribution in [-0.2, 0) is 25.9 Å².